The monoisotopic (exact) mass is 156 g/mol. The second kappa shape index (κ2) is 4.66. The maximum atomic E-state index is 10.7. The Balaban J connectivity index is 3.68. The zero-order valence-electron chi connectivity index (χ0n) is 6.54. The molecule has 0 spiro atoms. The first-order valence-electron chi connectivity index (χ1n) is 3.43. The molecule has 0 bridgehead atoms. The van der Waals surface area contributed by atoms with Gasteiger partial charge < -0.3 is 5.11 Å². The van der Waals surface area contributed by atoms with E-state index in [9.17, 15) is 9.59 Å². The molecule has 0 saturated carbocycles. The van der Waals surface area contributed by atoms with Gasteiger partial charge in [0.25, 0.3) is 0 Å². The highest BCUT2D eigenvalue weighted by atomic mass is 16.4. The van der Waals surface area contributed by atoms with Gasteiger partial charge in [-0.25, -0.2) is 0 Å². The van der Waals surface area contributed by atoms with Gasteiger partial charge in [-0.15, -0.1) is 0 Å². The quantitative estimate of drug-likeness (QED) is 0.609. The van der Waals surface area contributed by atoms with Crippen molar-refractivity contribution in [1.29, 1.82) is 0 Å². The van der Waals surface area contributed by atoms with Crippen LogP contribution in [0.25, 0.3) is 0 Å². The minimum Gasteiger partial charge on any atom is -0.481 e. The molecule has 3 heteroatoms. The fourth-order valence-electron chi connectivity index (χ4n) is 0.797. The molecule has 0 rings (SSSR count). The minimum absolute atomic E-state index is 0.0413. The fraction of sp³-hybridized carbons (Fsp3) is 0.500. The van der Waals surface area contributed by atoms with Crippen LogP contribution in [-0.4, -0.2) is 16.9 Å². The van der Waals surface area contributed by atoms with Crippen LogP contribution in [0.15, 0.2) is 12.7 Å². The summed E-state index contributed by atoms with van der Waals surface area (Å²) in [5, 5.41) is 8.33. The van der Waals surface area contributed by atoms with E-state index in [2.05, 4.69) is 6.58 Å². The first kappa shape index (κ1) is 9.88. The van der Waals surface area contributed by atoms with Gasteiger partial charge in [0.1, 0.15) is 0 Å². The Bertz CT molecular complexity index is 172. The van der Waals surface area contributed by atoms with E-state index >= 15 is 0 Å². The summed E-state index contributed by atoms with van der Waals surface area (Å²) in [4.78, 5) is 20.8. The molecule has 0 aromatic carbocycles. The molecule has 0 amide bonds. The van der Waals surface area contributed by atoms with Crippen molar-refractivity contribution >= 4 is 11.8 Å². The Morgan fingerprint density at radius 3 is 2.45 bits per heavy atom. The summed E-state index contributed by atoms with van der Waals surface area (Å²) in [5.74, 6) is -1.06. The van der Waals surface area contributed by atoms with Crippen molar-refractivity contribution in [2.24, 2.45) is 5.92 Å². The van der Waals surface area contributed by atoms with E-state index in [1.807, 2.05) is 0 Å². The van der Waals surface area contributed by atoms with Crippen LogP contribution in [0.1, 0.15) is 19.8 Å². The number of hydrogen-bond donors (Lipinski definition) is 1. The van der Waals surface area contributed by atoms with Gasteiger partial charge in [0.2, 0.25) is 0 Å². The van der Waals surface area contributed by atoms with Crippen LogP contribution in [0.2, 0.25) is 0 Å². The van der Waals surface area contributed by atoms with Gasteiger partial charge in [-0.05, 0) is 12.0 Å². The lowest BCUT2D eigenvalue weighted by molar-refractivity contribution is -0.138. The number of allylic oxidation sites excluding steroid dienone is 1. The van der Waals surface area contributed by atoms with E-state index in [1.54, 1.807) is 6.92 Å². The normalized spacial score (nSPS) is 12.1. The van der Waals surface area contributed by atoms with Gasteiger partial charge in [-0.2, -0.15) is 0 Å². The van der Waals surface area contributed by atoms with Gasteiger partial charge in [0.05, 0.1) is 0 Å². The molecule has 0 aromatic rings. The molecule has 0 aliphatic carbocycles. The molecule has 0 aliphatic rings. The summed E-state index contributed by atoms with van der Waals surface area (Å²) in [5.41, 5.74) is 0. The third kappa shape index (κ3) is 5.33. The summed E-state index contributed by atoms with van der Waals surface area (Å²) >= 11 is 0. The lowest BCUT2D eigenvalue weighted by Crippen LogP contribution is -2.08. The molecule has 1 atom stereocenters. The van der Waals surface area contributed by atoms with Crippen molar-refractivity contribution in [1.82, 2.24) is 0 Å². The van der Waals surface area contributed by atoms with Crippen molar-refractivity contribution in [3.05, 3.63) is 12.7 Å². The van der Waals surface area contributed by atoms with Gasteiger partial charge in [-0.3, -0.25) is 9.59 Å². The van der Waals surface area contributed by atoms with Gasteiger partial charge >= 0.3 is 5.97 Å². The molecule has 1 unspecified atom stereocenters. The molecular weight excluding hydrogens is 144 g/mol. The zero-order chi connectivity index (χ0) is 8.85. The molecule has 0 fully saturated rings. The number of carboxylic acid groups (broad SMARTS) is 1. The Morgan fingerprint density at radius 2 is 2.09 bits per heavy atom. The second-order valence-electron chi connectivity index (χ2n) is 2.58. The molecule has 0 heterocycles. The number of hydrogen-bond acceptors (Lipinski definition) is 2. The fourth-order valence-corrected chi connectivity index (χ4v) is 0.797. The van der Waals surface area contributed by atoms with Crippen molar-refractivity contribution in [3.63, 3.8) is 0 Å². The maximum absolute atomic E-state index is 10.7. The molecule has 3 nitrogen and oxygen atoms in total. The van der Waals surface area contributed by atoms with Crippen molar-refractivity contribution < 1.29 is 14.7 Å². The number of rotatable bonds is 5. The summed E-state index contributed by atoms with van der Waals surface area (Å²) in [7, 11) is 0. The number of carboxylic acids is 1. The Kier molecular flexibility index (Phi) is 4.18. The average Bonchev–Trinajstić information content (AvgIpc) is 1.85. The van der Waals surface area contributed by atoms with E-state index < -0.39 is 5.97 Å². The minimum atomic E-state index is -0.866. The summed E-state index contributed by atoms with van der Waals surface area (Å²) in [6.07, 6.45) is 1.54. The summed E-state index contributed by atoms with van der Waals surface area (Å²) < 4.78 is 0. The van der Waals surface area contributed by atoms with E-state index in [0.717, 1.165) is 0 Å². The third-order valence-corrected chi connectivity index (χ3v) is 1.30. The van der Waals surface area contributed by atoms with Crippen LogP contribution in [0, 0.1) is 5.92 Å². The van der Waals surface area contributed by atoms with Gasteiger partial charge in [0.15, 0.2) is 5.78 Å². The second-order valence-corrected chi connectivity index (χ2v) is 2.58. The van der Waals surface area contributed by atoms with Crippen LogP contribution in [0.3, 0.4) is 0 Å². The zero-order valence-corrected chi connectivity index (χ0v) is 6.54. The van der Waals surface area contributed by atoms with Crippen LogP contribution in [-0.2, 0) is 9.59 Å². The predicted octanol–water partition coefficient (Wildman–Crippen LogP) is 1.24. The van der Waals surface area contributed by atoms with Crippen LogP contribution < -0.4 is 0 Å². The van der Waals surface area contributed by atoms with Crippen molar-refractivity contribution in [3.8, 4) is 0 Å². The number of ketones is 1. The first-order valence-corrected chi connectivity index (χ1v) is 3.43. The molecule has 0 aliphatic heterocycles. The largest absolute Gasteiger partial charge is 0.481 e. The topological polar surface area (TPSA) is 54.4 Å². The summed E-state index contributed by atoms with van der Waals surface area (Å²) in [6.45, 7) is 5.03. The van der Waals surface area contributed by atoms with Gasteiger partial charge in [-0.1, -0.05) is 13.5 Å². The molecule has 0 saturated heterocycles. The van der Waals surface area contributed by atoms with E-state index in [4.69, 9.17) is 5.11 Å². The van der Waals surface area contributed by atoms with Crippen LogP contribution >= 0.6 is 0 Å². The number of carbonyl (C=O) groups is 2. The Labute approximate surface area is 65.7 Å². The Morgan fingerprint density at radius 1 is 1.55 bits per heavy atom. The highest BCUT2D eigenvalue weighted by Gasteiger charge is 2.09. The standard InChI is InChI=1S/C8H12O3/c1-3-7(9)4-6(2)5-8(10)11/h3,6H,1,4-5H2,2H3,(H,10,11). The third-order valence-electron chi connectivity index (χ3n) is 1.30. The number of carbonyl (C=O) groups excluding carboxylic acids is 1. The molecule has 0 aromatic heterocycles. The molecule has 62 valence electrons. The van der Waals surface area contributed by atoms with E-state index in [-0.39, 0.29) is 24.5 Å². The predicted molar refractivity (Wildman–Crippen MR) is 41.2 cm³/mol. The maximum Gasteiger partial charge on any atom is 0.303 e. The van der Waals surface area contributed by atoms with Crippen LogP contribution in [0.5, 0.6) is 0 Å². The lowest BCUT2D eigenvalue weighted by Gasteiger charge is -2.03. The molecule has 11 heavy (non-hydrogen) atoms. The van der Waals surface area contributed by atoms with Crippen molar-refractivity contribution in [2.75, 3.05) is 0 Å². The SMILES string of the molecule is C=CC(=O)CC(C)CC(=O)O. The highest BCUT2D eigenvalue weighted by Crippen LogP contribution is 2.07. The Hall–Kier alpha value is -1.12. The summed E-state index contributed by atoms with van der Waals surface area (Å²) in [6, 6.07) is 0. The number of aliphatic carboxylic acids is 1. The lowest BCUT2D eigenvalue weighted by atomic mass is 10.0. The first-order chi connectivity index (χ1) is 5.06. The molecule has 1 N–H and O–H groups in total. The van der Waals surface area contributed by atoms with E-state index in [1.165, 1.54) is 6.08 Å². The molecule has 0 radical (unpaired) electrons. The highest BCUT2D eigenvalue weighted by molar-refractivity contribution is 5.89. The smallest absolute Gasteiger partial charge is 0.303 e. The van der Waals surface area contributed by atoms with Gasteiger partial charge in [0, 0.05) is 12.8 Å². The van der Waals surface area contributed by atoms with Crippen molar-refractivity contribution in [2.45, 2.75) is 19.8 Å². The van der Waals surface area contributed by atoms with Crippen LogP contribution in [0.4, 0.5) is 0 Å². The van der Waals surface area contributed by atoms with E-state index in [0.29, 0.717) is 0 Å². The molecular formula is C8H12O3. The average molecular weight is 156 g/mol.